The molecule has 1 aliphatic rings. The molecular weight excluding hydrogens is 510 g/mol. The maximum atomic E-state index is 6.39. The Bertz CT molecular complexity index is 1070. The van der Waals surface area contributed by atoms with E-state index >= 15 is 0 Å². The molecule has 0 spiro atoms. The number of nitrogens with two attached hydrogens (primary N) is 1. The third-order valence-corrected chi connectivity index (χ3v) is 7.38. The van der Waals surface area contributed by atoms with Gasteiger partial charge in [-0.25, -0.2) is 0 Å². The van der Waals surface area contributed by atoms with Gasteiger partial charge in [0.1, 0.15) is 11.5 Å². The second-order valence-electron chi connectivity index (χ2n) is 12.1. The lowest BCUT2D eigenvalue weighted by Gasteiger charge is -2.35. The quantitative estimate of drug-likeness (QED) is 0.118. The smallest absolute Gasteiger partial charge is 0.187 e. The van der Waals surface area contributed by atoms with Crippen molar-refractivity contribution in [3.05, 3.63) is 53.1 Å². The molecule has 1 fully saturated rings. The van der Waals surface area contributed by atoms with Crippen molar-refractivity contribution in [1.82, 2.24) is 0 Å². The molecule has 0 aliphatic carbocycles. The molecule has 1 aliphatic heterocycles. The molecule has 0 radical (unpaired) electrons. The van der Waals surface area contributed by atoms with E-state index < -0.39 is 6.29 Å². The highest BCUT2D eigenvalue weighted by atomic mass is 16.7. The van der Waals surface area contributed by atoms with Gasteiger partial charge in [0, 0.05) is 22.7 Å². The van der Waals surface area contributed by atoms with E-state index in [1.54, 1.807) is 0 Å². The summed E-state index contributed by atoms with van der Waals surface area (Å²) in [6.07, 6.45) is 14.1. The number of anilines is 1. The Balaban J connectivity index is 1.82. The van der Waals surface area contributed by atoms with Crippen LogP contribution in [-0.2, 0) is 9.47 Å². The Morgan fingerprint density at radius 3 is 1.85 bits per heavy atom. The Morgan fingerprint density at radius 2 is 1.27 bits per heavy atom. The van der Waals surface area contributed by atoms with Crippen LogP contribution in [0.3, 0.4) is 0 Å². The van der Waals surface area contributed by atoms with E-state index in [-0.39, 0.29) is 5.41 Å². The number of ether oxygens (including phenoxy) is 4. The molecule has 0 bridgehead atoms. The van der Waals surface area contributed by atoms with Gasteiger partial charge in [0.25, 0.3) is 0 Å². The SMILES string of the molecule is CCCCCCCCOc1cc(C2OCC(C)(C)CO2)c(OCCCCCCCC)cc1C#Cc1ccc(N)cc1. The fraction of sp³-hybridized carbons (Fsp3) is 0.611. The Kier molecular flexibility index (Phi) is 14.4. The lowest BCUT2D eigenvalue weighted by atomic mass is 9.95. The number of hydrogen-bond acceptors (Lipinski definition) is 5. The molecule has 2 aromatic rings. The first-order chi connectivity index (χ1) is 19.9. The second kappa shape index (κ2) is 18.0. The van der Waals surface area contributed by atoms with Crippen molar-refractivity contribution in [2.75, 3.05) is 32.2 Å². The summed E-state index contributed by atoms with van der Waals surface area (Å²) >= 11 is 0. The van der Waals surface area contributed by atoms with Crippen LogP contribution < -0.4 is 15.2 Å². The first kappa shape index (κ1) is 32.8. The summed E-state index contributed by atoms with van der Waals surface area (Å²) in [6.45, 7) is 11.4. The number of benzene rings is 2. The van der Waals surface area contributed by atoms with Gasteiger partial charge >= 0.3 is 0 Å². The zero-order chi connectivity index (χ0) is 29.3. The lowest BCUT2D eigenvalue weighted by Crippen LogP contribution is -2.34. The molecule has 2 aromatic carbocycles. The fourth-order valence-electron chi connectivity index (χ4n) is 4.81. The molecule has 226 valence electrons. The number of unbranched alkanes of at least 4 members (excludes halogenated alkanes) is 10. The maximum absolute atomic E-state index is 6.39. The highest BCUT2D eigenvalue weighted by Gasteiger charge is 2.31. The number of hydrogen-bond donors (Lipinski definition) is 1. The van der Waals surface area contributed by atoms with Crippen LogP contribution in [0.5, 0.6) is 11.5 Å². The molecule has 0 aromatic heterocycles. The standard InChI is InChI=1S/C36H53NO4/c1-5-7-9-11-13-15-23-38-33-26-32(35-40-27-36(3,4)28-41-35)34(39-24-16-14-12-10-8-6-2)25-30(33)20-17-29-18-21-31(37)22-19-29/h18-19,21-22,25-26,35H,5-16,23-24,27-28,37H2,1-4H3. The topological polar surface area (TPSA) is 62.9 Å². The van der Waals surface area contributed by atoms with E-state index in [4.69, 9.17) is 24.7 Å². The average molecular weight is 564 g/mol. The van der Waals surface area contributed by atoms with Gasteiger partial charge in [-0.3, -0.25) is 0 Å². The van der Waals surface area contributed by atoms with Crippen LogP contribution in [-0.4, -0.2) is 26.4 Å². The third kappa shape index (κ3) is 12.0. The van der Waals surface area contributed by atoms with Crippen LogP contribution in [0.1, 0.15) is 128 Å². The van der Waals surface area contributed by atoms with Gasteiger partial charge in [0.15, 0.2) is 6.29 Å². The molecule has 0 saturated carbocycles. The molecule has 1 saturated heterocycles. The summed E-state index contributed by atoms with van der Waals surface area (Å²) in [7, 11) is 0. The highest BCUT2D eigenvalue weighted by molar-refractivity contribution is 5.56. The first-order valence-electron chi connectivity index (χ1n) is 16.0. The van der Waals surface area contributed by atoms with Crippen molar-refractivity contribution in [1.29, 1.82) is 0 Å². The average Bonchev–Trinajstić information content (AvgIpc) is 2.96. The summed E-state index contributed by atoms with van der Waals surface area (Å²) in [5.41, 5.74) is 9.17. The number of rotatable bonds is 17. The molecule has 3 rings (SSSR count). The highest BCUT2D eigenvalue weighted by Crippen LogP contribution is 2.39. The predicted molar refractivity (Wildman–Crippen MR) is 169 cm³/mol. The van der Waals surface area contributed by atoms with Crippen LogP contribution in [0, 0.1) is 17.3 Å². The van der Waals surface area contributed by atoms with Crippen molar-refractivity contribution < 1.29 is 18.9 Å². The van der Waals surface area contributed by atoms with E-state index in [2.05, 4.69) is 39.5 Å². The van der Waals surface area contributed by atoms with Crippen molar-refractivity contribution in [3.63, 3.8) is 0 Å². The Morgan fingerprint density at radius 1 is 0.732 bits per heavy atom. The lowest BCUT2D eigenvalue weighted by molar-refractivity contribution is -0.226. The van der Waals surface area contributed by atoms with Crippen LogP contribution in [0.2, 0.25) is 0 Å². The zero-order valence-corrected chi connectivity index (χ0v) is 26.1. The van der Waals surface area contributed by atoms with Gasteiger partial charge in [-0.15, -0.1) is 0 Å². The molecule has 0 unspecified atom stereocenters. The van der Waals surface area contributed by atoms with Gasteiger partial charge in [-0.1, -0.05) is 104 Å². The van der Waals surface area contributed by atoms with Crippen molar-refractivity contribution in [3.8, 4) is 23.3 Å². The Hall–Kier alpha value is -2.68. The van der Waals surface area contributed by atoms with E-state index in [0.29, 0.717) is 26.4 Å². The zero-order valence-electron chi connectivity index (χ0n) is 26.1. The molecule has 5 nitrogen and oxygen atoms in total. The summed E-state index contributed by atoms with van der Waals surface area (Å²) in [4.78, 5) is 0. The van der Waals surface area contributed by atoms with Crippen molar-refractivity contribution in [2.24, 2.45) is 5.41 Å². The molecule has 41 heavy (non-hydrogen) atoms. The van der Waals surface area contributed by atoms with Crippen molar-refractivity contribution in [2.45, 2.75) is 111 Å². The van der Waals surface area contributed by atoms with Crippen LogP contribution in [0.4, 0.5) is 5.69 Å². The fourth-order valence-corrected chi connectivity index (χ4v) is 4.81. The predicted octanol–water partition coefficient (Wildman–Crippen LogP) is 9.22. The van der Waals surface area contributed by atoms with Gasteiger partial charge in [-0.2, -0.15) is 0 Å². The van der Waals surface area contributed by atoms with Gasteiger partial charge in [0.05, 0.1) is 37.6 Å². The maximum Gasteiger partial charge on any atom is 0.187 e. The second-order valence-corrected chi connectivity index (χ2v) is 12.1. The summed E-state index contributed by atoms with van der Waals surface area (Å²) in [5, 5.41) is 0. The third-order valence-electron chi connectivity index (χ3n) is 7.38. The minimum absolute atomic E-state index is 0.0163. The Labute approximate surface area is 249 Å². The molecule has 1 heterocycles. The van der Waals surface area contributed by atoms with E-state index in [0.717, 1.165) is 46.7 Å². The van der Waals surface area contributed by atoms with E-state index in [9.17, 15) is 0 Å². The van der Waals surface area contributed by atoms with E-state index in [1.807, 2.05) is 36.4 Å². The van der Waals surface area contributed by atoms with Crippen molar-refractivity contribution >= 4 is 5.69 Å². The summed E-state index contributed by atoms with van der Waals surface area (Å²) < 4.78 is 25.2. The van der Waals surface area contributed by atoms with Gasteiger partial charge < -0.3 is 24.7 Å². The molecule has 5 heteroatoms. The minimum Gasteiger partial charge on any atom is -0.493 e. The van der Waals surface area contributed by atoms with Gasteiger partial charge in [0.2, 0.25) is 0 Å². The molecular formula is C36H53NO4. The summed E-state index contributed by atoms with van der Waals surface area (Å²) in [5.74, 6) is 8.14. The van der Waals surface area contributed by atoms with Crippen LogP contribution >= 0.6 is 0 Å². The minimum atomic E-state index is -0.488. The largest absolute Gasteiger partial charge is 0.493 e. The molecule has 0 amide bonds. The first-order valence-corrected chi connectivity index (χ1v) is 16.0. The van der Waals surface area contributed by atoms with Crippen LogP contribution in [0.25, 0.3) is 0 Å². The van der Waals surface area contributed by atoms with E-state index in [1.165, 1.54) is 64.2 Å². The molecule has 2 N–H and O–H groups in total. The summed E-state index contributed by atoms with van der Waals surface area (Å²) in [6, 6.07) is 11.7. The monoisotopic (exact) mass is 563 g/mol. The normalized spacial score (nSPS) is 14.8. The van der Waals surface area contributed by atoms with Gasteiger partial charge in [-0.05, 0) is 43.2 Å². The molecule has 0 atom stereocenters. The van der Waals surface area contributed by atoms with Crippen LogP contribution in [0.15, 0.2) is 36.4 Å². The number of nitrogen functional groups attached to an aromatic ring is 1.